The van der Waals surface area contributed by atoms with Gasteiger partial charge in [-0.25, -0.2) is 0 Å². The summed E-state index contributed by atoms with van der Waals surface area (Å²) in [5, 5.41) is 0. The molecule has 0 aromatic heterocycles. The maximum atomic E-state index is 11.6. The van der Waals surface area contributed by atoms with Crippen LogP contribution < -0.4 is 4.90 Å². The number of anilines is 1. The first-order chi connectivity index (χ1) is 7.84. The Balaban J connectivity index is 1.92. The maximum absolute atomic E-state index is 11.6. The van der Waals surface area contributed by atoms with Crippen LogP contribution in [0.3, 0.4) is 0 Å². The fourth-order valence-electron chi connectivity index (χ4n) is 3.20. The van der Waals surface area contributed by atoms with Gasteiger partial charge in [-0.3, -0.25) is 4.79 Å². The molecule has 1 aromatic carbocycles. The minimum atomic E-state index is 0.460. The van der Waals surface area contributed by atoms with Crippen molar-refractivity contribution in [2.75, 3.05) is 4.90 Å². The molecule has 16 heavy (non-hydrogen) atoms. The molecule has 2 nitrogen and oxygen atoms in total. The first-order valence-electron chi connectivity index (χ1n) is 6.19. The molecule has 2 heteroatoms. The molecule has 2 aliphatic heterocycles. The molecule has 0 unspecified atom stereocenters. The van der Waals surface area contributed by atoms with Crippen molar-refractivity contribution in [2.45, 2.75) is 44.2 Å². The first-order valence-corrected chi connectivity index (χ1v) is 6.19. The lowest BCUT2D eigenvalue weighted by Gasteiger charge is -2.47. The molecule has 0 aliphatic carbocycles. The van der Waals surface area contributed by atoms with Crippen molar-refractivity contribution >= 4 is 11.5 Å². The highest BCUT2D eigenvalue weighted by atomic mass is 16.1. The van der Waals surface area contributed by atoms with Gasteiger partial charge in [0.05, 0.1) is 0 Å². The van der Waals surface area contributed by atoms with Gasteiger partial charge in [-0.1, -0.05) is 18.2 Å². The molecule has 2 fully saturated rings. The third kappa shape index (κ3) is 1.62. The number of hydrogen-bond donors (Lipinski definition) is 0. The van der Waals surface area contributed by atoms with E-state index in [9.17, 15) is 4.79 Å². The molecule has 0 spiro atoms. The highest BCUT2D eigenvalue weighted by Gasteiger charge is 2.37. The van der Waals surface area contributed by atoms with Crippen molar-refractivity contribution in [1.82, 2.24) is 0 Å². The second kappa shape index (κ2) is 3.93. The summed E-state index contributed by atoms with van der Waals surface area (Å²) in [4.78, 5) is 14.1. The SMILES string of the molecule is O=C1C[C@@H]2CCC[C@@H](C1)N2c1ccccc1. The normalized spacial score (nSPS) is 29.2. The van der Waals surface area contributed by atoms with E-state index in [4.69, 9.17) is 0 Å². The largest absolute Gasteiger partial charge is 0.365 e. The average molecular weight is 215 g/mol. The number of ketones is 1. The Morgan fingerprint density at radius 1 is 1.00 bits per heavy atom. The molecule has 3 rings (SSSR count). The number of carbonyl (C=O) groups excluding carboxylic acids is 1. The van der Waals surface area contributed by atoms with E-state index in [0.717, 1.165) is 12.8 Å². The summed E-state index contributed by atoms with van der Waals surface area (Å²) in [5.41, 5.74) is 1.30. The van der Waals surface area contributed by atoms with Gasteiger partial charge in [0.2, 0.25) is 0 Å². The number of rotatable bonds is 1. The molecular formula is C14H17NO. The quantitative estimate of drug-likeness (QED) is 0.718. The van der Waals surface area contributed by atoms with Crippen LogP contribution in [-0.4, -0.2) is 17.9 Å². The van der Waals surface area contributed by atoms with Gasteiger partial charge in [-0.2, -0.15) is 0 Å². The molecular weight excluding hydrogens is 198 g/mol. The Morgan fingerprint density at radius 2 is 1.62 bits per heavy atom. The van der Waals surface area contributed by atoms with Crippen LogP contribution >= 0.6 is 0 Å². The summed E-state index contributed by atoms with van der Waals surface area (Å²) in [6.45, 7) is 0. The molecule has 2 saturated heterocycles. The predicted octanol–water partition coefficient (Wildman–Crippen LogP) is 2.78. The lowest BCUT2D eigenvalue weighted by atomic mass is 9.83. The third-order valence-electron chi connectivity index (χ3n) is 3.84. The molecule has 84 valence electrons. The van der Waals surface area contributed by atoms with Gasteiger partial charge in [-0.05, 0) is 31.4 Å². The fourth-order valence-corrected chi connectivity index (χ4v) is 3.20. The summed E-state index contributed by atoms with van der Waals surface area (Å²) >= 11 is 0. The minimum Gasteiger partial charge on any atom is -0.365 e. The summed E-state index contributed by atoms with van der Waals surface area (Å²) < 4.78 is 0. The summed E-state index contributed by atoms with van der Waals surface area (Å²) in [7, 11) is 0. The molecule has 2 atom stereocenters. The van der Waals surface area contributed by atoms with Crippen LogP contribution in [0.4, 0.5) is 5.69 Å². The number of carbonyl (C=O) groups is 1. The van der Waals surface area contributed by atoms with E-state index in [1.807, 2.05) is 6.07 Å². The minimum absolute atomic E-state index is 0.460. The Kier molecular flexibility index (Phi) is 2.43. The van der Waals surface area contributed by atoms with Crippen molar-refractivity contribution in [2.24, 2.45) is 0 Å². The lowest BCUT2D eigenvalue weighted by molar-refractivity contribution is -0.121. The average Bonchev–Trinajstić information content (AvgIpc) is 2.29. The van der Waals surface area contributed by atoms with Crippen LogP contribution in [0.1, 0.15) is 32.1 Å². The first kappa shape index (κ1) is 9.88. The van der Waals surface area contributed by atoms with Crippen molar-refractivity contribution in [3.8, 4) is 0 Å². The number of hydrogen-bond acceptors (Lipinski definition) is 2. The van der Waals surface area contributed by atoms with E-state index in [2.05, 4.69) is 29.2 Å². The molecule has 0 amide bonds. The Bertz CT molecular complexity index is 371. The van der Waals surface area contributed by atoms with Gasteiger partial charge >= 0.3 is 0 Å². The summed E-state index contributed by atoms with van der Waals surface area (Å²) in [6.07, 6.45) is 5.15. The van der Waals surface area contributed by atoms with Crippen LogP contribution in [-0.2, 0) is 4.79 Å². The second-order valence-electron chi connectivity index (χ2n) is 4.93. The highest BCUT2D eigenvalue weighted by Crippen LogP contribution is 2.35. The predicted molar refractivity (Wildman–Crippen MR) is 64.6 cm³/mol. The van der Waals surface area contributed by atoms with Crippen molar-refractivity contribution in [3.63, 3.8) is 0 Å². The zero-order chi connectivity index (χ0) is 11.0. The van der Waals surface area contributed by atoms with Crippen LogP contribution in [0.5, 0.6) is 0 Å². The number of nitrogens with zero attached hydrogens (tertiary/aromatic N) is 1. The second-order valence-corrected chi connectivity index (χ2v) is 4.93. The Hall–Kier alpha value is -1.31. The molecule has 0 radical (unpaired) electrons. The van der Waals surface area contributed by atoms with E-state index in [1.54, 1.807) is 0 Å². The van der Waals surface area contributed by atoms with Crippen LogP contribution in [0.15, 0.2) is 30.3 Å². The topological polar surface area (TPSA) is 20.3 Å². The van der Waals surface area contributed by atoms with Gasteiger partial charge in [0.15, 0.2) is 0 Å². The summed E-state index contributed by atoms with van der Waals surface area (Å²) in [6, 6.07) is 11.5. The van der Waals surface area contributed by atoms with E-state index in [0.29, 0.717) is 17.9 Å². The van der Waals surface area contributed by atoms with Crippen molar-refractivity contribution in [3.05, 3.63) is 30.3 Å². The third-order valence-corrected chi connectivity index (χ3v) is 3.84. The van der Waals surface area contributed by atoms with E-state index in [1.165, 1.54) is 24.9 Å². The van der Waals surface area contributed by atoms with E-state index >= 15 is 0 Å². The van der Waals surface area contributed by atoms with Gasteiger partial charge in [0.25, 0.3) is 0 Å². The zero-order valence-electron chi connectivity index (χ0n) is 9.43. The highest BCUT2D eigenvalue weighted by molar-refractivity contribution is 5.82. The van der Waals surface area contributed by atoms with Gasteiger partial charge in [0.1, 0.15) is 5.78 Å². The number of piperidine rings is 2. The van der Waals surface area contributed by atoms with Gasteiger partial charge < -0.3 is 4.90 Å². The van der Waals surface area contributed by atoms with Crippen LogP contribution in [0.25, 0.3) is 0 Å². The maximum Gasteiger partial charge on any atom is 0.137 e. The molecule has 2 heterocycles. The molecule has 2 aliphatic rings. The number of Topliss-reactive ketones (excluding diaryl/α,β-unsaturated/α-hetero) is 1. The molecule has 0 N–H and O–H groups in total. The van der Waals surface area contributed by atoms with Crippen molar-refractivity contribution in [1.29, 1.82) is 0 Å². The standard InChI is InChI=1S/C14H17NO/c16-14-9-12-7-4-8-13(10-14)15(12)11-5-2-1-3-6-11/h1-3,5-6,12-13H,4,7-10H2/t12-,13-/m0/s1. The Morgan fingerprint density at radius 3 is 2.25 bits per heavy atom. The fraction of sp³-hybridized carbons (Fsp3) is 0.500. The van der Waals surface area contributed by atoms with E-state index in [-0.39, 0.29) is 0 Å². The number of para-hydroxylation sites is 1. The van der Waals surface area contributed by atoms with Crippen LogP contribution in [0, 0.1) is 0 Å². The summed E-state index contributed by atoms with van der Waals surface area (Å²) in [5.74, 6) is 0.460. The monoisotopic (exact) mass is 215 g/mol. The van der Waals surface area contributed by atoms with Gasteiger partial charge in [0, 0.05) is 30.6 Å². The Labute approximate surface area is 96.3 Å². The van der Waals surface area contributed by atoms with E-state index < -0.39 is 0 Å². The lowest BCUT2D eigenvalue weighted by Crippen LogP contribution is -2.52. The zero-order valence-corrected chi connectivity index (χ0v) is 9.43. The smallest absolute Gasteiger partial charge is 0.137 e. The van der Waals surface area contributed by atoms with Gasteiger partial charge in [-0.15, -0.1) is 0 Å². The van der Waals surface area contributed by atoms with Crippen LogP contribution in [0.2, 0.25) is 0 Å². The molecule has 0 saturated carbocycles. The number of benzene rings is 1. The molecule has 2 bridgehead atoms. The number of fused-ring (bicyclic) bond motifs is 2. The van der Waals surface area contributed by atoms with Crippen molar-refractivity contribution < 1.29 is 4.79 Å². The molecule has 1 aromatic rings.